The van der Waals surface area contributed by atoms with E-state index >= 15 is 0 Å². The van der Waals surface area contributed by atoms with E-state index < -0.39 is 0 Å². The van der Waals surface area contributed by atoms with Crippen molar-refractivity contribution in [2.24, 2.45) is 45.6 Å². The lowest BCUT2D eigenvalue weighted by Crippen LogP contribution is -2.50. The van der Waals surface area contributed by atoms with Gasteiger partial charge in [-0.15, -0.1) is 0 Å². The topological polar surface area (TPSA) is 29.4 Å². The van der Waals surface area contributed by atoms with Crippen molar-refractivity contribution < 1.29 is 0 Å². The van der Waals surface area contributed by atoms with Gasteiger partial charge in [0.25, 0.3) is 0 Å². The van der Waals surface area contributed by atoms with Gasteiger partial charge < -0.3 is 0 Å². The molecule has 4 aliphatic rings. The van der Waals surface area contributed by atoms with Crippen LogP contribution in [0.25, 0.3) is 0 Å². The number of fused-ring (bicyclic) bond motifs is 5. The highest BCUT2D eigenvalue weighted by atomic mass is 16.3. The summed E-state index contributed by atoms with van der Waals surface area (Å²) in [6.45, 7) is 9.93. The van der Waals surface area contributed by atoms with Crippen LogP contribution in [0.2, 0.25) is 0 Å². The van der Waals surface area contributed by atoms with E-state index in [1.807, 2.05) is 0 Å². The number of rotatable bonds is 6. The molecule has 0 aromatic rings. The molecule has 0 aliphatic heterocycles. The van der Waals surface area contributed by atoms with E-state index in [9.17, 15) is 4.91 Å². The molecular formula is C26H43NO. The zero-order valence-electron chi connectivity index (χ0n) is 18.9. The van der Waals surface area contributed by atoms with Gasteiger partial charge in [-0.3, -0.25) is 0 Å². The minimum absolute atomic E-state index is 0.0476. The minimum Gasteiger partial charge on any atom is -0.151 e. The molecule has 0 spiro atoms. The molecule has 0 bridgehead atoms. The molecule has 4 aliphatic carbocycles. The summed E-state index contributed by atoms with van der Waals surface area (Å²) in [5.74, 6) is 4.53. The van der Waals surface area contributed by atoms with Crippen molar-refractivity contribution in [2.75, 3.05) is 0 Å². The van der Waals surface area contributed by atoms with Crippen molar-refractivity contribution in [3.63, 3.8) is 0 Å². The van der Waals surface area contributed by atoms with Crippen molar-refractivity contribution in [3.05, 3.63) is 16.6 Å². The van der Waals surface area contributed by atoms with Crippen LogP contribution in [0.4, 0.5) is 0 Å². The Kier molecular flexibility index (Phi) is 5.80. The Labute approximate surface area is 173 Å². The molecule has 7 atom stereocenters. The molecule has 0 amide bonds. The van der Waals surface area contributed by atoms with Gasteiger partial charge >= 0.3 is 0 Å². The largest absolute Gasteiger partial charge is 0.151 e. The monoisotopic (exact) mass is 385 g/mol. The van der Waals surface area contributed by atoms with Crippen LogP contribution in [0, 0.1) is 45.3 Å². The molecule has 6 unspecified atom stereocenters. The minimum atomic E-state index is 0.0476. The first kappa shape index (κ1) is 20.6. The molecule has 28 heavy (non-hydrogen) atoms. The second-order valence-electron chi connectivity index (χ2n) is 11.8. The highest BCUT2D eigenvalue weighted by molar-refractivity contribution is 5.25. The predicted molar refractivity (Wildman–Crippen MR) is 118 cm³/mol. The second-order valence-corrected chi connectivity index (χ2v) is 11.8. The first-order chi connectivity index (χ1) is 13.4. The first-order valence-corrected chi connectivity index (χ1v) is 12.4. The molecule has 0 aromatic carbocycles. The third-order valence-corrected chi connectivity index (χ3v) is 10.0. The van der Waals surface area contributed by atoms with Crippen molar-refractivity contribution in [2.45, 2.75) is 111 Å². The molecular weight excluding hydrogens is 342 g/mol. The second kappa shape index (κ2) is 7.88. The highest BCUT2D eigenvalue weighted by Gasteiger charge is 2.58. The Morgan fingerprint density at radius 3 is 2.64 bits per heavy atom. The van der Waals surface area contributed by atoms with Crippen LogP contribution in [0.3, 0.4) is 0 Å². The van der Waals surface area contributed by atoms with Gasteiger partial charge in [-0.25, -0.2) is 0 Å². The summed E-state index contributed by atoms with van der Waals surface area (Å²) in [6, 6.07) is 0.0476. The van der Waals surface area contributed by atoms with Gasteiger partial charge in [-0.05, 0) is 98.2 Å². The van der Waals surface area contributed by atoms with Gasteiger partial charge in [-0.2, -0.15) is 4.91 Å². The molecule has 2 nitrogen and oxygen atoms in total. The summed E-state index contributed by atoms with van der Waals surface area (Å²) in [6.07, 6.45) is 18.6. The Hall–Kier alpha value is -0.660. The summed E-state index contributed by atoms with van der Waals surface area (Å²) >= 11 is 0. The average molecular weight is 386 g/mol. The molecule has 4 rings (SSSR count). The first-order valence-electron chi connectivity index (χ1n) is 12.4. The van der Waals surface area contributed by atoms with Crippen LogP contribution in [0.15, 0.2) is 16.8 Å². The number of nitroso groups, excluding NO2 is 1. The lowest BCUT2D eigenvalue weighted by atomic mass is 9.47. The van der Waals surface area contributed by atoms with Gasteiger partial charge in [0.2, 0.25) is 0 Å². The molecule has 158 valence electrons. The maximum Gasteiger partial charge on any atom is 0.0957 e. The van der Waals surface area contributed by atoms with Crippen LogP contribution < -0.4 is 0 Å². The summed E-state index contributed by atoms with van der Waals surface area (Å²) in [4.78, 5) is 11.1. The van der Waals surface area contributed by atoms with Crippen LogP contribution in [-0.4, -0.2) is 6.04 Å². The van der Waals surface area contributed by atoms with E-state index in [1.54, 1.807) is 5.57 Å². The van der Waals surface area contributed by atoms with Gasteiger partial charge in [0.1, 0.15) is 0 Å². The van der Waals surface area contributed by atoms with E-state index in [0.717, 1.165) is 42.4 Å². The van der Waals surface area contributed by atoms with Crippen molar-refractivity contribution in [3.8, 4) is 0 Å². The average Bonchev–Trinajstić information content (AvgIpc) is 3.01. The maximum atomic E-state index is 11.1. The third kappa shape index (κ3) is 3.41. The van der Waals surface area contributed by atoms with Crippen molar-refractivity contribution in [1.29, 1.82) is 0 Å². The van der Waals surface area contributed by atoms with Gasteiger partial charge in [0, 0.05) is 0 Å². The fraction of sp³-hybridized carbons (Fsp3) is 0.923. The maximum absolute atomic E-state index is 11.1. The Morgan fingerprint density at radius 2 is 1.89 bits per heavy atom. The molecule has 3 saturated carbocycles. The van der Waals surface area contributed by atoms with E-state index in [-0.39, 0.29) is 6.04 Å². The van der Waals surface area contributed by atoms with Crippen molar-refractivity contribution in [1.82, 2.24) is 0 Å². The molecule has 0 radical (unpaired) electrons. The fourth-order valence-electron chi connectivity index (χ4n) is 8.26. The molecule has 0 N–H and O–H groups in total. The summed E-state index contributed by atoms with van der Waals surface area (Å²) < 4.78 is 0. The van der Waals surface area contributed by atoms with E-state index in [1.165, 1.54) is 64.2 Å². The van der Waals surface area contributed by atoms with Crippen LogP contribution >= 0.6 is 0 Å². The fourth-order valence-corrected chi connectivity index (χ4v) is 8.26. The number of hydrogen-bond donors (Lipinski definition) is 0. The number of allylic oxidation sites excluding steroid dienone is 1. The summed E-state index contributed by atoms with van der Waals surface area (Å²) in [7, 11) is 0. The molecule has 0 heterocycles. The highest BCUT2D eigenvalue weighted by Crippen LogP contribution is 2.66. The molecule has 2 heteroatoms. The third-order valence-electron chi connectivity index (χ3n) is 10.0. The lowest BCUT2D eigenvalue weighted by Gasteiger charge is -2.58. The number of hydrogen-bond acceptors (Lipinski definition) is 2. The zero-order chi connectivity index (χ0) is 19.9. The Balaban J connectivity index is 1.46. The van der Waals surface area contributed by atoms with E-state index in [0.29, 0.717) is 10.8 Å². The molecule has 0 saturated heterocycles. The quantitative estimate of drug-likeness (QED) is 0.259. The van der Waals surface area contributed by atoms with Gasteiger partial charge in [0.05, 0.1) is 6.04 Å². The molecule has 0 aromatic heterocycles. The zero-order valence-corrected chi connectivity index (χ0v) is 18.9. The number of nitrogens with zero attached hydrogens (tertiary/aromatic N) is 1. The Bertz CT molecular complexity index is 610. The normalized spacial score (nSPS) is 45.2. The molecule has 3 fully saturated rings. The SMILES string of the molecule is CC(C)CCCCC1CCC2C3CC=C4CC(N=O)CCC4(C)C3CC[C@]12C. The van der Waals surface area contributed by atoms with Gasteiger partial charge in [-0.1, -0.05) is 63.8 Å². The smallest absolute Gasteiger partial charge is 0.0957 e. The van der Waals surface area contributed by atoms with Crippen molar-refractivity contribution >= 4 is 0 Å². The number of unbranched alkanes of at least 4 members (excludes halogenated alkanes) is 1. The van der Waals surface area contributed by atoms with Crippen LogP contribution in [0.5, 0.6) is 0 Å². The van der Waals surface area contributed by atoms with Gasteiger partial charge in [0.15, 0.2) is 0 Å². The van der Waals surface area contributed by atoms with Crippen LogP contribution in [0.1, 0.15) is 105 Å². The van der Waals surface area contributed by atoms with E-state index in [2.05, 4.69) is 38.9 Å². The lowest BCUT2D eigenvalue weighted by molar-refractivity contribution is -0.0434. The van der Waals surface area contributed by atoms with E-state index in [4.69, 9.17) is 0 Å². The predicted octanol–water partition coefficient (Wildman–Crippen LogP) is 7.92. The Morgan fingerprint density at radius 1 is 1.07 bits per heavy atom. The summed E-state index contributed by atoms with van der Waals surface area (Å²) in [5, 5.41) is 3.40. The van der Waals surface area contributed by atoms with Crippen LogP contribution in [-0.2, 0) is 0 Å². The summed E-state index contributed by atoms with van der Waals surface area (Å²) in [5.41, 5.74) is 2.56. The standard InChI is InChI=1S/C26H43NO/c1-18(2)7-5-6-8-19-10-12-23-22-11-9-20-17-21(27-28)13-15-26(20,4)24(22)14-16-25(19,23)3/h9,18-19,21-24H,5-8,10-17H2,1-4H3/t19?,21?,22?,23?,24?,25-,26?/m1/s1.